The first-order chi connectivity index (χ1) is 18.1. The number of hydrogen-bond donors (Lipinski definition) is 2. The third-order valence-electron chi connectivity index (χ3n) is 7.18. The standard InChI is InChI=1S/C28H30N8O/c1-30-14-26(37)34-11-5-8-22(16-34)25-13-23(27-28(29)31-18-32-36(25)27)20-9-10-21-17-35(33-24(21)12-20)15-19-6-3-2-4-7-19/h2-4,6-7,9-10,12-13,17-18,22,30H,5,8,11,14-16H2,1H3,(H2,29,31,32). The Balaban J connectivity index is 1.37. The Hall–Kier alpha value is -4.24. The molecule has 37 heavy (non-hydrogen) atoms. The number of nitrogens with one attached hydrogen (secondary N) is 1. The van der Waals surface area contributed by atoms with Crippen molar-refractivity contribution in [3.63, 3.8) is 0 Å². The summed E-state index contributed by atoms with van der Waals surface area (Å²) in [6.07, 6.45) is 5.51. The lowest BCUT2D eigenvalue weighted by atomic mass is 9.94. The van der Waals surface area contributed by atoms with Crippen LogP contribution in [-0.2, 0) is 11.3 Å². The highest BCUT2D eigenvalue weighted by Crippen LogP contribution is 2.36. The van der Waals surface area contributed by atoms with E-state index in [0.717, 1.165) is 59.2 Å². The van der Waals surface area contributed by atoms with E-state index in [1.807, 2.05) is 32.3 Å². The number of amides is 1. The van der Waals surface area contributed by atoms with Crippen LogP contribution < -0.4 is 11.1 Å². The van der Waals surface area contributed by atoms with Gasteiger partial charge in [-0.05, 0) is 43.1 Å². The zero-order valence-electron chi connectivity index (χ0n) is 20.8. The number of nitrogens with zero attached hydrogens (tertiary/aromatic N) is 6. The summed E-state index contributed by atoms with van der Waals surface area (Å²) in [5.74, 6) is 0.725. The number of nitrogens with two attached hydrogens (primary N) is 1. The van der Waals surface area contributed by atoms with Crippen LogP contribution in [-0.4, -0.2) is 61.9 Å². The number of piperidine rings is 1. The van der Waals surface area contributed by atoms with E-state index in [2.05, 4.69) is 58.0 Å². The average Bonchev–Trinajstić information content (AvgIpc) is 3.51. The van der Waals surface area contributed by atoms with Gasteiger partial charge in [0.1, 0.15) is 11.8 Å². The zero-order valence-corrected chi connectivity index (χ0v) is 20.8. The Morgan fingerprint density at radius 1 is 1.16 bits per heavy atom. The lowest BCUT2D eigenvalue weighted by Crippen LogP contribution is -2.43. The maximum absolute atomic E-state index is 12.6. The van der Waals surface area contributed by atoms with Crippen LogP contribution in [0, 0.1) is 0 Å². The summed E-state index contributed by atoms with van der Waals surface area (Å²) in [4.78, 5) is 18.8. The minimum absolute atomic E-state index is 0.124. The Morgan fingerprint density at radius 3 is 2.86 bits per heavy atom. The molecule has 1 aliphatic rings. The number of fused-ring (bicyclic) bond motifs is 2. The molecule has 0 spiro atoms. The van der Waals surface area contributed by atoms with Gasteiger partial charge < -0.3 is 16.0 Å². The fourth-order valence-corrected chi connectivity index (χ4v) is 5.40. The van der Waals surface area contributed by atoms with Crippen LogP contribution in [0.15, 0.2) is 67.1 Å². The number of carbonyl (C=O) groups is 1. The number of benzene rings is 2. The second-order valence-corrected chi connectivity index (χ2v) is 9.68. The van der Waals surface area contributed by atoms with Crippen molar-refractivity contribution in [2.24, 2.45) is 0 Å². The van der Waals surface area contributed by atoms with E-state index in [4.69, 9.17) is 10.8 Å². The van der Waals surface area contributed by atoms with Gasteiger partial charge in [0.25, 0.3) is 0 Å². The van der Waals surface area contributed by atoms with E-state index in [1.54, 1.807) is 7.05 Å². The molecule has 6 rings (SSSR count). The molecule has 1 aliphatic heterocycles. The van der Waals surface area contributed by atoms with Crippen LogP contribution >= 0.6 is 0 Å². The van der Waals surface area contributed by atoms with Gasteiger partial charge in [-0.25, -0.2) is 9.50 Å². The average molecular weight is 495 g/mol. The molecule has 1 atom stereocenters. The molecule has 0 radical (unpaired) electrons. The summed E-state index contributed by atoms with van der Waals surface area (Å²) in [6.45, 7) is 2.51. The highest BCUT2D eigenvalue weighted by atomic mass is 16.2. The third-order valence-corrected chi connectivity index (χ3v) is 7.18. The van der Waals surface area contributed by atoms with Crippen LogP contribution in [0.1, 0.15) is 30.0 Å². The predicted molar refractivity (Wildman–Crippen MR) is 144 cm³/mol. The van der Waals surface area contributed by atoms with E-state index >= 15 is 0 Å². The molecule has 3 N–H and O–H groups in total. The maximum atomic E-state index is 12.6. The summed E-state index contributed by atoms with van der Waals surface area (Å²) >= 11 is 0. The van der Waals surface area contributed by atoms with E-state index in [-0.39, 0.29) is 11.8 Å². The first-order valence-electron chi connectivity index (χ1n) is 12.7. The normalized spacial score (nSPS) is 16.0. The van der Waals surface area contributed by atoms with Crippen LogP contribution in [0.5, 0.6) is 0 Å². The lowest BCUT2D eigenvalue weighted by Gasteiger charge is -2.32. The lowest BCUT2D eigenvalue weighted by molar-refractivity contribution is -0.131. The van der Waals surface area contributed by atoms with Crippen molar-refractivity contribution in [3.8, 4) is 11.1 Å². The van der Waals surface area contributed by atoms with Gasteiger partial charge in [0.2, 0.25) is 5.91 Å². The fourth-order valence-electron chi connectivity index (χ4n) is 5.40. The smallest absolute Gasteiger partial charge is 0.236 e. The molecular weight excluding hydrogens is 464 g/mol. The molecule has 2 aromatic carbocycles. The summed E-state index contributed by atoms with van der Waals surface area (Å²) in [6, 6.07) is 18.8. The summed E-state index contributed by atoms with van der Waals surface area (Å²) < 4.78 is 3.88. The van der Waals surface area contributed by atoms with E-state index in [0.29, 0.717) is 18.9 Å². The first kappa shape index (κ1) is 23.2. The first-order valence-corrected chi connectivity index (χ1v) is 12.7. The Labute approximate surface area is 214 Å². The molecule has 1 fully saturated rings. The molecule has 9 heteroatoms. The number of carbonyl (C=O) groups excluding carboxylic acids is 1. The summed E-state index contributed by atoms with van der Waals surface area (Å²) in [5, 5.41) is 13.5. The van der Waals surface area contributed by atoms with Crippen molar-refractivity contribution in [3.05, 3.63) is 78.4 Å². The molecule has 1 unspecified atom stereocenters. The van der Waals surface area contributed by atoms with Gasteiger partial charge in [0.15, 0.2) is 5.82 Å². The number of aromatic nitrogens is 5. The van der Waals surface area contributed by atoms with Gasteiger partial charge in [0, 0.05) is 41.8 Å². The van der Waals surface area contributed by atoms with Gasteiger partial charge in [-0.1, -0.05) is 42.5 Å². The van der Waals surface area contributed by atoms with Gasteiger partial charge in [0.05, 0.1) is 18.6 Å². The molecule has 5 aromatic rings. The van der Waals surface area contributed by atoms with Gasteiger partial charge >= 0.3 is 0 Å². The second-order valence-electron chi connectivity index (χ2n) is 9.68. The Morgan fingerprint density at radius 2 is 2.03 bits per heavy atom. The van der Waals surface area contributed by atoms with Crippen LogP contribution in [0.2, 0.25) is 0 Å². The van der Waals surface area contributed by atoms with Crippen LogP contribution in [0.4, 0.5) is 5.82 Å². The van der Waals surface area contributed by atoms with E-state index < -0.39 is 0 Å². The van der Waals surface area contributed by atoms with E-state index in [1.165, 1.54) is 11.9 Å². The number of likely N-dealkylation sites (tertiary alicyclic amines) is 1. The molecule has 0 aliphatic carbocycles. The monoisotopic (exact) mass is 494 g/mol. The number of hydrogen-bond acceptors (Lipinski definition) is 6. The fraction of sp³-hybridized carbons (Fsp3) is 0.286. The minimum atomic E-state index is 0.124. The molecule has 9 nitrogen and oxygen atoms in total. The summed E-state index contributed by atoms with van der Waals surface area (Å²) in [7, 11) is 1.80. The van der Waals surface area contributed by atoms with Crippen LogP contribution in [0.3, 0.4) is 0 Å². The molecule has 1 amide bonds. The number of nitrogen functional groups attached to an aromatic ring is 1. The van der Waals surface area contributed by atoms with Crippen LogP contribution in [0.25, 0.3) is 27.5 Å². The van der Waals surface area contributed by atoms with Crippen molar-refractivity contribution in [2.75, 3.05) is 32.4 Å². The molecule has 3 aromatic heterocycles. The van der Waals surface area contributed by atoms with Crippen molar-refractivity contribution in [1.29, 1.82) is 0 Å². The molecular formula is C28H30N8O. The number of anilines is 1. The van der Waals surface area contributed by atoms with Crippen molar-refractivity contribution >= 4 is 28.1 Å². The van der Waals surface area contributed by atoms with E-state index in [9.17, 15) is 4.79 Å². The van der Waals surface area contributed by atoms with Crippen molar-refractivity contribution < 1.29 is 4.79 Å². The highest BCUT2D eigenvalue weighted by molar-refractivity contribution is 5.92. The number of likely N-dealkylation sites (N-methyl/N-ethyl adjacent to an activating group) is 1. The second kappa shape index (κ2) is 9.67. The van der Waals surface area contributed by atoms with Gasteiger partial charge in [-0.3, -0.25) is 9.48 Å². The largest absolute Gasteiger partial charge is 0.382 e. The van der Waals surface area contributed by atoms with Crippen molar-refractivity contribution in [2.45, 2.75) is 25.3 Å². The molecule has 4 heterocycles. The third kappa shape index (κ3) is 4.42. The number of rotatable bonds is 6. The summed E-state index contributed by atoms with van der Waals surface area (Å²) in [5.41, 5.74) is 12.4. The minimum Gasteiger partial charge on any atom is -0.382 e. The van der Waals surface area contributed by atoms with Gasteiger partial charge in [-0.2, -0.15) is 10.2 Å². The Bertz CT molecular complexity index is 1570. The van der Waals surface area contributed by atoms with Gasteiger partial charge in [-0.15, -0.1) is 0 Å². The topological polar surface area (TPSA) is 106 Å². The maximum Gasteiger partial charge on any atom is 0.236 e. The molecule has 0 saturated carbocycles. The predicted octanol–water partition coefficient (Wildman–Crippen LogP) is 3.30. The highest BCUT2D eigenvalue weighted by Gasteiger charge is 2.28. The molecule has 188 valence electrons. The zero-order chi connectivity index (χ0) is 25.4. The Kier molecular flexibility index (Phi) is 6.05. The molecule has 0 bridgehead atoms. The van der Waals surface area contributed by atoms with Crippen molar-refractivity contribution in [1.82, 2.24) is 34.6 Å². The molecule has 1 saturated heterocycles. The SMILES string of the molecule is CNCC(=O)N1CCCC(c2cc(-c3ccc4cn(Cc5ccccc5)nc4c3)c3c(N)ncnn23)C1. The quantitative estimate of drug-likeness (QED) is 0.375.